The van der Waals surface area contributed by atoms with Crippen LogP contribution in [0.4, 0.5) is 0 Å². The lowest BCUT2D eigenvalue weighted by Crippen LogP contribution is -2.55. The van der Waals surface area contributed by atoms with Gasteiger partial charge >= 0.3 is 5.97 Å². The van der Waals surface area contributed by atoms with Crippen molar-refractivity contribution < 1.29 is 33.4 Å². The van der Waals surface area contributed by atoms with Crippen LogP contribution in [-0.2, 0) is 30.5 Å². The summed E-state index contributed by atoms with van der Waals surface area (Å²) >= 11 is 0. The second-order valence-corrected chi connectivity index (χ2v) is 9.46. The Hall–Kier alpha value is -4.44. The van der Waals surface area contributed by atoms with Crippen molar-refractivity contribution in [3.05, 3.63) is 91.0 Å². The third kappa shape index (κ3) is 9.04. The largest absolute Gasteiger partial charge is 0.489 e. The summed E-state index contributed by atoms with van der Waals surface area (Å²) in [7, 11) is 0. The van der Waals surface area contributed by atoms with Gasteiger partial charge in [0.1, 0.15) is 31.0 Å². The van der Waals surface area contributed by atoms with Gasteiger partial charge in [0.15, 0.2) is 6.04 Å². The molecular weight excluding hydrogens is 526 g/mol. The smallest absolute Gasteiger partial charge is 0.331 e. The van der Waals surface area contributed by atoms with Crippen LogP contribution in [-0.4, -0.2) is 73.1 Å². The summed E-state index contributed by atoms with van der Waals surface area (Å²) in [5.74, 6) is -1.67. The molecular formula is C31H37N3O7. The van der Waals surface area contributed by atoms with Crippen molar-refractivity contribution in [3.8, 4) is 5.75 Å². The Balaban J connectivity index is 1.63. The summed E-state index contributed by atoms with van der Waals surface area (Å²) in [5.41, 5.74) is 1.08. The number of para-hydroxylation sites is 1. The van der Waals surface area contributed by atoms with E-state index in [9.17, 15) is 19.2 Å². The fraction of sp³-hybridized carbons (Fsp3) is 0.355. The highest BCUT2D eigenvalue weighted by molar-refractivity contribution is 6.00. The molecule has 2 aromatic rings. The van der Waals surface area contributed by atoms with Crippen LogP contribution in [0.15, 0.2) is 79.9 Å². The number of carbonyl (C=O) groups excluding carboxylic acids is 4. The lowest BCUT2D eigenvalue weighted by molar-refractivity contribution is -0.151. The van der Waals surface area contributed by atoms with Crippen LogP contribution in [0.3, 0.4) is 0 Å². The van der Waals surface area contributed by atoms with Crippen LogP contribution >= 0.6 is 0 Å². The number of rotatable bonds is 15. The van der Waals surface area contributed by atoms with E-state index in [1.165, 1.54) is 11.0 Å². The van der Waals surface area contributed by atoms with Crippen LogP contribution in [0.2, 0.25) is 0 Å². The second-order valence-electron chi connectivity index (χ2n) is 9.46. The maximum atomic E-state index is 13.3. The normalized spacial score (nSPS) is 15.7. The van der Waals surface area contributed by atoms with Crippen LogP contribution in [0, 0.1) is 0 Å². The Labute approximate surface area is 240 Å². The van der Waals surface area contributed by atoms with E-state index >= 15 is 0 Å². The van der Waals surface area contributed by atoms with Gasteiger partial charge < -0.3 is 29.7 Å². The second kappa shape index (κ2) is 16.0. The number of likely N-dealkylation sites (tertiary alicyclic amines) is 1. The summed E-state index contributed by atoms with van der Waals surface area (Å²) in [6.07, 6.45) is 4.11. The van der Waals surface area contributed by atoms with E-state index in [0.717, 1.165) is 5.56 Å². The molecule has 3 rings (SSSR count). The highest BCUT2D eigenvalue weighted by Gasteiger charge is 2.38. The van der Waals surface area contributed by atoms with Gasteiger partial charge in [0.25, 0.3) is 5.91 Å². The molecule has 2 aromatic carbocycles. The van der Waals surface area contributed by atoms with E-state index < -0.39 is 41.8 Å². The molecule has 0 aromatic heterocycles. The standard InChI is InChI=1S/C31H37N3O7/c1-4-18-39-21-25(31(38)41-20-23-12-7-6-8-13-23)33-29(36)26-15-11-17-34(26)30(37)22(3)32-28(35)24-14-9-10-16-27(24)40-19-5-2/h4-10,12-14,16,22,25-26H,1-2,11,15,17-21H2,3H3,(H,32,35)(H,33,36)/t22-,25-,26-/m0/s1. The minimum absolute atomic E-state index is 0.0422. The molecule has 0 unspecified atom stereocenters. The summed E-state index contributed by atoms with van der Waals surface area (Å²) in [6, 6.07) is 13.1. The molecule has 3 atom stereocenters. The molecule has 10 nitrogen and oxygen atoms in total. The molecule has 1 aliphatic heterocycles. The Morgan fingerprint density at radius 1 is 1.00 bits per heavy atom. The molecule has 2 N–H and O–H groups in total. The van der Waals surface area contributed by atoms with E-state index in [1.54, 1.807) is 37.3 Å². The summed E-state index contributed by atoms with van der Waals surface area (Å²) < 4.78 is 16.4. The van der Waals surface area contributed by atoms with Crippen molar-refractivity contribution in [1.82, 2.24) is 15.5 Å². The van der Waals surface area contributed by atoms with Crippen molar-refractivity contribution in [1.29, 1.82) is 0 Å². The highest BCUT2D eigenvalue weighted by atomic mass is 16.5. The quantitative estimate of drug-likeness (QED) is 0.194. The first-order chi connectivity index (χ1) is 19.8. The number of esters is 1. The van der Waals surface area contributed by atoms with Gasteiger partial charge in [-0.2, -0.15) is 0 Å². The number of carbonyl (C=O) groups is 4. The molecule has 0 aliphatic carbocycles. The third-order valence-corrected chi connectivity index (χ3v) is 6.39. The van der Waals surface area contributed by atoms with E-state index in [2.05, 4.69) is 23.8 Å². The first kappa shape index (κ1) is 31.1. The van der Waals surface area contributed by atoms with Crippen molar-refractivity contribution in [2.75, 3.05) is 26.4 Å². The topological polar surface area (TPSA) is 123 Å². The van der Waals surface area contributed by atoms with E-state index in [4.69, 9.17) is 14.2 Å². The average Bonchev–Trinajstić information content (AvgIpc) is 3.49. The zero-order valence-corrected chi connectivity index (χ0v) is 23.3. The predicted octanol–water partition coefficient (Wildman–Crippen LogP) is 2.79. The Morgan fingerprint density at radius 2 is 1.71 bits per heavy atom. The minimum atomic E-state index is -1.08. The van der Waals surface area contributed by atoms with Crippen LogP contribution < -0.4 is 15.4 Å². The molecule has 1 fully saturated rings. The van der Waals surface area contributed by atoms with Gasteiger partial charge in [0.05, 0.1) is 18.8 Å². The number of hydrogen-bond acceptors (Lipinski definition) is 7. The van der Waals surface area contributed by atoms with E-state index in [-0.39, 0.29) is 32.0 Å². The van der Waals surface area contributed by atoms with Gasteiger partial charge in [-0.25, -0.2) is 4.79 Å². The van der Waals surface area contributed by atoms with Crippen molar-refractivity contribution >= 4 is 23.7 Å². The number of benzene rings is 2. The molecule has 0 saturated carbocycles. The molecule has 3 amide bonds. The molecule has 218 valence electrons. The van der Waals surface area contributed by atoms with Gasteiger partial charge in [-0.05, 0) is 37.5 Å². The van der Waals surface area contributed by atoms with Gasteiger partial charge in [-0.15, -0.1) is 6.58 Å². The number of hydrogen-bond donors (Lipinski definition) is 2. The SMILES string of the molecule is C=CCOC[C@H](NC(=O)[C@@H]1CCCN1C(=O)[C@H](C)NC(=O)c1ccccc1OCC=C)C(=O)OCc1ccccc1. The van der Waals surface area contributed by atoms with Crippen LogP contribution in [0.1, 0.15) is 35.7 Å². The molecule has 10 heteroatoms. The lowest BCUT2D eigenvalue weighted by Gasteiger charge is -2.28. The predicted molar refractivity (Wildman–Crippen MR) is 153 cm³/mol. The summed E-state index contributed by atoms with van der Waals surface area (Å²) in [6.45, 7) is 9.44. The Bertz CT molecular complexity index is 1220. The molecule has 0 bridgehead atoms. The molecule has 1 aliphatic rings. The number of nitrogens with one attached hydrogen (secondary N) is 2. The maximum absolute atomic E-state index is 13.3. The number of ether oxygens (including phenoxy) is 3. The monoisotopic (exact) mass is 563 g/mol. The van der Waals surface area contributed by atoms with E-state index in [0.29, 0.717) is 25.1 Å². The highest BCUT2D eigenvalue weighted by Crippen LogP contribution is 2.21. The van der Waals surface area contributed by atoms with Crippen molar-refractivity contribution in [2.45, 2.75) is 44.5 Å². The maximum Gasteiger partial charge on any atom is 0.331 e. The molecule has 1 heterocycles. The summed E-state index contributed by atoms with van der Waals surface area (Å²) in [4.78, 5) is 53.8. The fourth-order valence-electron chi connectivity index (χ4n) is 4.35. The van der Waals surface area contributed by atoms with Gasteiger partial charge in [-0.3, -0.25) is 14.4 Å². The first-order valence-corrected chi connectivity index (χ1v) is 13.5. The average molecular weight is 564 g/mol. The van der Waals surface area contributed by atoms with Gasteiger partial charge in [0.2, 0.25) is 11.8 Å². The zero-order valence-electron chi connectivity index (χ0n) is 23.3. The fourth-order valence-corrected chi connectivity index (χ4v) is 4.35. The molecule has 0 radical (unpaired) electrons. The molecule has 1 saturated heterocycles. The van der Waals surface area contributed by atoms with Crippen LogP contribution in [0.25, 0.3) is 0 Å². The zero-order chi connectivity index (χ0) is 29.6. The lowest BCUT2D eigenvalue weighted by atomic mass is 10.1. The van der Waals surface area contributed by atoms with E-state index in [1.807, 2.05) is 30.3 Å². The van der Waals surface area contributed by atoms with Gasteiger partial charge in [0, 0.05) is 6.54 Å². The Kier molecular flexibility index (Phi) is 12.1. The molecule has 0 spiro atoms. The first-order valence-electron chi connectivity index (χ1n) is 13.5. The molecule has 41 heavy (non-hydrogen) atoms. The summed E-state index contributed by atoms with van der Waals surface area (Å²) in [5, 5.41) is 5.40. The minimum Gasteiger partial charge on any atom is -0.489 e. The number of amides is 3. The number of nitrogens with zero attached hydrogens (tertiary/aromatic N) is 1. The Morgan fingerprint density at radius 3 is 2.44 bits per heavy atom. The van der Waals surface area contributed by atoms with Crippen LogP contribution in [0.5, 0.6) is 5.75 Å². The van der Waals surface area contributed by atoms with Crippen molar-refractivity contribution in [2.24, 2.45) is 0 Å². The van der Waals surface area contributed by atoms with Crippen molar-refractivity contribution in [3.63, 3.8) is 0 Å². The van der Waals surface area contributed by atoms with Gasteiger partial charge in [-0.1, -0.05) is 61.2 Å². The third-order valence-electron chi connectivity index (χ3n) is 6.39.